The molecule has 0 radical (unpaired) electrons. The predicted molar refractivity (Wildman–Crippen MR) is 127 cm³/mol. The summed E-state index contributed by atoms with van der Waals surface area (Å²) in [5.41, 5.74) is 2.78. The van der Waals surface area contributed by atoms with E-state index in [9.17, 15) is 14.3 Å². The maximum absolute atomic E-state index is 14.6. The fourth-order valence-electron chi connectivity index (χ4n) is 4.10. The zero-order valence-electron chi connectivity index (χ0n) is 19.6. The first kappa shape index (κ1) is 23.9. The van der Waals surface area contributed by atoms with Crippen LogP contribution >= 0.6 is 0 Å². The number of methoxy groups -OCH3 is 1. The van der Waals surface area contributed by atoms with E-state index in [2.05, 4.69) is 15.4 Å². The van der Waals surface area contributed by atoms with Crippen molar-refractivity contribution in [2.75, 3.05) is 46.7 Å². The van der Waals surface area contributed by atoms with Gasteiger partial charge in [0.1, 0.15) is 18.0 Å². The molecule has 2 aromatic carbocycles. The molecule has 0 spiro atoms. The summed E-state index contributed by atoms with van der Waals surface area (Å²) in [7, 11) is 1.54. The highest BCUT2D eigenvalue weighted by atomic mass is 19.1. The molecule has 0 aliphatic carbocycles. The summed E-state index contributed by atoms with van der Waals surface area (Å²) in [6.45, 7) is 1.60. The molecule has 5 rings (SSSR count). The van der Waals surface area contributed by atoms with Crippen molar-refractivity contribution in [1.82, 2.24) is 20.3 Å². The lowest BCUT2D eigenvalue weighted by molar-refractivity contribution is -0.0183. The molecular weight excluding hydrogens is 471 g/mol. The number of morpholine rings is 1. The van der Waals surface area contributed by atoms with Crippen LogP contribution in [-0.2, 0) is 9.47 Å². The third kappa shape index (κ3) is 4.68. The highest BCUT2D eigenvalue weighted by Crippen LogP contribution is 2.33. The van der Waals surface area contributed by atoms with E-state index in [0.29, 0.717) is 60.0 Å². The van der Waals surface area contributed by atoms with Crippen LogP contribution in [0.2, 0.25) is 0 Å². The summed E-state index contributed by atoms with van der Waals surface area (Å²) in [5, 5.41) is 21.3. The molecule has 10 nitrogen and oxygen atoms in total. The lowest BCUT2D eigenvalue weighted by atomic mass is 10.1. The molecule has 0 saturated carbocycles. The fraction of sp³-hybridized carbons (Fsp3) is 0.320. The van der Waals surface area contributed by atoms with Crippen LogP contribution < -0.4 is 4.74 Å². The Hall–Kier alpha value is -3.80. The summed E-state index contributed by atoms with van der Waals surface area (Å²) in [6, 6.07) is 11.2. The van der Waals surface area contributed by atoms with E-state index in [4.69, 9.17) is 18.7 Å². The Morgan fingerprint density at radius 1 is 1.25 bits per heavy atom. The van der Waals surface area contributed by atoms with Gasteiger partial charge in [0.25, 0.3) is 5.91 Å². The Balaban J connectivity index is 1.35. The van der Waals surface area contributed by atoms with Crippen LogP contribution in [0.4, 0.5) is 4.39 Å². The van der Waals surface area contributed by atoms with Gasteiger partial charge >= 0.3 is 0 Å². The van der Waals surface area contributed by atoms with Crippen molar-refractivity contribution in [3.63, 3.8) is 0 Å². The highest BCUT2D eigenvalue weighted by Gasteiger charge is 2.27. The van der Waals surface area contributed by atoms with Gasteiger partial charge in [-0.15, -0.1) is 0 Å². The Morgan fingerprint density at radius 2 is 2.08 bits per heavy atom. The topological polar surface area (TPSA) is 123 Å². The number of carbonyl (C=O) groups excluding carboxylic acids is 1. The first-order valence-electron chi connectivity index (χ1n) is 11.5. The number of nitrogens with zero attached hydrogens (tertiary/aromatic N) is 3. The summed E-state index contributed by atoms with van der Waals surface area (Å²) >= 11 is 0. The molecule has 1 atom stereocenters. The number of halogens is 1. The van der Waals surface area contributed by atoms with Crippen molar-refractivity contribution in [2.45, 2.75) is 6.04 Å². The van der Waals surface area contributed by atoms with Crippen LogP contribution in [0.25, 0.3) is 33.6 Å². The Kier molecular flexibility index (Phi) is 6.94. The number of rotatable bonds is 8. The number of ether oxygens (including phenoxy) is 3. The smallest absolute Gasteiger partial charge is 0.254 e. The quantitative estimate of drug-likeness (QED) is 0.357. The molecule has 0 unspecified atom stereocenters. The van der Waals surface area contributed by atoms with E-state index in [0.717, 1.165) is 5.56 Å². The summed E-state index contributed by atoms with van der Waals surface area (Å²) in [4.78, 5) is 14.5. The van der Waals surface area contributed by atoms with Gasteiger partial charge in [-0.2, -0.15) is 5.10 Å². The molecule has 1 aliphatic heterocycles. The summed E-state index contributed by atoms with van der Waals surface area (Å²) < 4.78 is 35.8. The molecule has 1 amide bonds. The Morgan fingerprint density at radius 3 is 2.86 bits per heavy atom. The number of aromatic nitrogens is 3. The molecule has 1 fully saturated rings. The number of nitrogens with one attached hydrogen (secondary N) is 1. The molecular formula is C25H25FN4O6. The van der Waals surface area contributed by atoms with E-state index < -0.39 is 5.82 Å². The number of fused-ring (bicyclic) bond motifs is 1. The monoisotopic (exact) mass is 496 g/mol. The third-order valence-corrected chi connectivity index (χ3v) is 6.03. The van der Waals surface area contributed by atoms with Gasteiger partial charge in [0.2, 0.25) is 0 Å². The van der Waals surface area contributed by atoms with Crippen molar-refractivity contribution in [3.05, 3.63) is 53.8 Å². The zero-order valence-corrected chi connectivity index (χ0v) is 19.6. The number of amides is 1. The average Bonchev–Trinajstić information content (AvgIpc) is 3.56. The molecule has 36 heavy (non-hydrogen) atoms. The standard InChI is InChI=1S/C25H25FN4O6/c1-33-8-9-35-22-12-21-18(10-19(22)26)24(28-27-21)23-11-20(29-36-23)15-2-4-16(5-3-15)25(32)30-6-7-34-14-17(30)13-31/h2-5,10-12,17,31H,6-9,13-14H2,1H3,(H,27,28)/t17-/m1/s1. The summed E-state index contributed by atoms with van der Waals surface area (Å²) in [6.07, 6.45) is 0. The van der Waals surface area contributed by atoms with E-state index in [1.807, 2.05) is 0 Å². The van der Waals surface area contributed by atoms with Gasteiger partial charge < -0.3 is 28.7 Å². The molecule has 0 bridgehead atoms. The second kappa shape index (κ2) is 10.4. The van der Waals surface area contributed by atoms with Crippen molar-refractivity contribution >= 4 is 16.8 Å². The minimum Gasteiger partial charge on any atom is -0.488 e. The second-order valence-corrected chi connectivity index (χ2v) is 8.31. The number of aliphatic hydroxyl groups is 1. The van der Waals surface area contributed by atoms with Crippen LogP contribution in [-0.4, -0.2) is 84.0 Å². The van der Waals surface area contributed by atoms with Gasteiger partial charge in [-0.05, 0) is 18.2 Å². The average molecular weight is 496 g/mol. The predicted octanol–water partition coefficient (Wildman–Crippen LogP) is 2.88. The number of H-pyrrole nitrogens is 1. The van der Waals surface area contributed by atoms with Gasteiger partial charge in [0.05, 0.1) is 38.0 Å². The second-order valence-electron chi connectivity index (χ2n) is 8.31. The number of benzene rings is 2. The fourth-order valence-corrected chi connectivity index (χ4v) is 4.10. The van der Waals surface area contributed by atoms with Gasteiger partial charge in [0, 0.05) is 42.3 Å². The molecule has 4 aromatic rings. The molecule has 1 aliphatic rings. The molecule has 3 heterocycles. The number of hydrogen-bond acceptors (Lipinski definition) is 8. The van der Waals surface area contributed by atoms with Gasteiger partial charge in [0.15, 0.2) is 17.3 Å². The first-order valence-corrected chi connectivity index (χ1v) is 11.5. The molecule has 1 saturated heterocycles. The first-order chi connectivity index (χ1) is 17.6. The maximum atomic E-state index is 14.6. The SMILES string of the molecule is COCCOc1cc2[nH]nc(-c3cc(-c4ccc(C(=O)N5CCOC[C@H]5CO)cc4)no3)c2cc1F. The Labute approximate surface area is 205 Å². The van der Waals surface area contributed by atoms with Crippen molar-refractivity contribution in [1.29, 1.82) is 0 Å². The van der Waals surface area contributed by atoms with Crippen molar-refractivity contribution < 1.29 is 33.0 Å². The molecule has 11 heteroatoms. The number of carbonyl (C=O) groups is 1. The molecule has 2 aromatic heterocycles. The van der Waals surface area contributed by atoms with Gasteiger partial charge in [-0.3, -0.25) is 9.89 Å². The van der Waals surface area contributed by atoms with E-state index in [1.165, 1.54) is 6.07 Å². The van der Waals surface area contributed by atoms with E-state index in [-0.39, 0.29) is 30.9 Å². The van der Waals surface area contributed by atoms with Crippen LogP contribution in [0.15, 0.2) is 47.0 Å². The Bertz CT molecular complexity index is 1350. The maximum Gasteiger partial charge on any atom is 0.254 e. The number of aromatic amines is 1. The highest BCUT2D eigenvalue weighted by molar-refractivity contribution is 5.95. The third-order valence-electron chi connectivity index (χ3n) is 6.03. The lowest BCUT2D eigenvalue weighted by Crippen LogP contribution is -2.50. The van der Waals surface area contributed by atoms with Crippen LogP contribution in [0.1, 0.15) is 10.4 Å². The van der Waals surface area contributed by atoms with Gasteiger partial charge in [-0.1, -0.05) is 17.3 Å². The van der Waals surface area contributed by atoms with Crippen LogP contribution in [0.3, 0.4) is 0 Å². The largest absolute Gasteiger partial charge is 0.488 e. The molecule has 188 valence electrons. The minimum atomic E-state index is -0.523. The van der Waals surface area contributed by atoms with Crippen molar-refractivity contribution in [2.24, 2.45) is 0 Å². The van der Waals surface area contributed by atoms with E-state index >= 15 is 0 Å². The van der Waals surface area contributed by atoms with Crippen LogP contribution in [0, 0.1) is 5.82 Å². The van der Waals surface area contributed by atoms with Gasteiger partial charge in [-0.25, -0.2) is 4.39 Å². The minimum absolute atomic E-state index is 0.102. The zero-order chi connectivity index (χ0) is 25.1. The summed E-state index contributed by atoms with van der Waals surface area (Å²) in [5.74, 6) is -0.224. The molecule has 2 N–H and O–H groups in total. The normalized spacial score (nSPS) is 16.0. The van der Waals surface area contributed by atoms with Crippen molar-refractivity contribution in [3.8, 4) is 28.5 Å². The van der Waals surface area contributed by atoms with E-state index in [1.54, 1.807) is 48.4 Å². The number of hydrogen-bond donors (Lipinski definition) is 2. The lowest BCUT2D eigenvalue weighted by Gasteiger charge is -2.34. The number of aliphatic hydroxyl groups excluding tert-OH is 1. The van der Waals surface area contributed by atoms with Crippen LogP contribution in [0.5, 0.6) is 5.75 Å².